The van der Waals surface area contributed by atoms with Crippen molar-refractivity contribution in [2.24, 2.45) is 0 Å². The predicted octanol–water partition coefficient (Wildman–Crippen LogP) is 4.76. The number of nitrogens with zero attached hydrogens (tertiary/aromatic N) is 3. The summed E-state index contributed by atoms with van der Waals surface area (Å²) < 4.78 is 24.8. The molecule has 1 fully saturated rings. The number of aromatic nitrogens is 1. The molecule has 0 N–H and O–H groups in total. The van der Waals surface area contributed by atoms with Crippen LogP contribution in [0.15, 0.2) is 59.1 Å². The van der Waals surface area contributed by atoms with Crippen molar-refractivity contribution in [1.82, 2.24) is 10.1 Å². The molecule has 0 spiro atoms. The number of benzene rings is 2. The maximum absolute atomic E-state index is 13.4. The lowest BCUT2D eigenvalue weighted by Gasteiger charge is -2.31. The second-order valence-corrected chi connectivity index (χ2v) is 7.98. The molecule has 1 unspecified atom stereocenters. The van der Waals surface area contributed by atoms with Gasteiger partial charge in [-0.1, -0.05) is 42.4 Å². The lowest BCUT2D eigenvalue weighted by molar-refractivity contribution is 0.0671. The fraction of sp³-hybridized carbons (Fsp3) is 0.360. The van der Waals surface area contributed by atoms with E-state index in [0.29, 0.717) is 44.3 Å². The molecule has 1 saturated heterocycles. The van der Waals surface area contributed by atoms with Gasteiger partial charge in [0, 0.05) is 30.3 Å². The second-order valence-electron chi connectivity index (χ2n) is 7.98. The summed E-state index contributed by atoms with van der Waals surface area (Å²) in [6.07, 6.45) is 0.784. The molecule has 2 heterocycles. The number of ether oxygens (including phenoxy) is 1. The minimum atomic E-state index is -0.364. The normalized spacial score (nSPS) is 14.9. The van der Waals surface area contributed by atoms with Crippen molar-refractivity contribution in [1.29, 1.82) is 0 Å². The number of morpholine rings is 1. The highest BCUT2D eigenvalue weighted by Gasteiger charge is 2.29. The number of hydrogen-bond acceptors (Lipinski definition) is 5. The first-order chi connectivity index (χ1) is 15.6. The Labute approximate surface area is 187 Å². The van der Waals surface area contributed by atoms with Gasteiger partial charge in [-0.3, -0.25) is 4.79 Å². The van der Waals surface area contributed by atoms with Crippen LogP contribution < -0.4 is 4.90 Å². The van der Waals surface area contributed by atoms with Crippen LogP contribution in [0, 0.1) is 5.82 Å². The SMILES string of the molecule is CCC(C)N(Cc1c(-c2ccccc2)noc1N1CCOCC1)C(=O)c1ccc(F)cc1. The average Bonchev–Trinajstić information content (AvgIpc) is 3.27. The van der Waals surface area contributed by atoms with Crippen molar-refractivity contribution >= 4 is 11.8 Å². The van der Waals surface area contributed by atoms with Crippen molar-refractivity contribution in [2.45, 2.75) is 32.9 Å². The van der Waals surface area contributed by atoms with Crippen molar-refractivity contribution < 1.29 is 18.4 Å². The Bertz CT molecular complexity index is 1030. The molecule has 3 aromatic rings. The van der Waals surface area contributed by atoms with E-state index in [9.17, 15) is 9.18 Å². The van der Waals surface area contributed by atoms with E-state index in [0.717, 1.165) is 23.2 Å². The summed E-state index contributed by atoms with van der Waals surface area (Å²) in [5.41, 5.74) is 2.99. The summed E-state index contributed by atoms with van der Waals surface area (Å²) in [7, 11) is 0. The highest BCUT2D eigenvalue weighted by molar-refractivity contribution is 5.94. The third kappa shape index (κ3) is 4.67. The number of carbonyl (C=O) groups is 1. The van der Waals surface area contributed by atoms with Gasteiger partial charge >= 0.3 is 0 Å². The van der Waals surface area contributed by atoms with E-state index >= 15 is 0 Å². The number of anilines is 1. The van der Waals surface area contributed by atoms with E-state index < -0.39 is 0 Å². The van der Waals surface area contributed by atoms with Crippen molar-refractivity contribution in [3.8, 4) is 11.3 Å². The first-order valence-electron chi connectivity index (χ1n) is 11.0. The second kappa shape index (κ2) is 9.96. The Morgan fingerprint density at radius 1 is 1.12 bits per heavy atom. The maximum Gasteiger partial charge on any atom is 0.254 e. The van der Waals surface area contributed by atoms with Crippen LogP contribution in [0.4, 0.5) is 10.3 Å². The molecule has 4 rings (SSSR count). The maximum atomic E-state index is 13.4. The molecule has 1 aliphatic heterocycles. The van der Waals surface area contributed by atoms with Gasteiger partial charge in [0.05, 0.1) is 25.3 Å². The van der Waals surface area contributed by atoms with E-state index in [-0.39, 0.29) is 17.8 Å². The fourth-order valence-electron chi connectivity index (χ4n) is 3.86. The van der Waals surface area contributed by atoms with Crippen LogP contribution in [-0.4, -0.2) is 48.3 Å². The number of hydrogen-bond donors (Lipinski definition) is 0. The number of halogens is 1. The minimum absolute atomic E-state index is 0.0244. The summed E-state index contributed by atoms with van der Waals surface area (Å²) in [4.78, 5) is 17.4. The molecule has 7 heteroatoms. The van der Waals surface area contributed by atoms with Gasteiger partial charge in [-0.05, 0) is 37.6 Å². The number of amides is 1. The number of rotatable bonds is 7. The quantitative estimate of drug-likeness (QED) is 0.534. The van der Waals surface area contributed by atoms with E-state index in [4.69, 9.17) is 9.26 Å². The monoisotopic (exact) mass is 437 g/mol. The zero-order chi connectivity index (χ0) is 22.5. The van der Waals surface area contributed by atoms with Crippen LogP contribution in [0.5, 0.6) is 0 Å². The van der Waals surface area contributed by atoms with Gasteiger partial charge in [0.1, 0.15) is 11.5 Å². The van der Waals surface area contributed by atoms with Gasteiger partial charge < -0.3 is 19.1 Å². The van der Waals surface area contributed by atoms with E-state index in [1.165, 1.54) is 24.3 Å². The number of carbonyl (C=O) groups excluding carboxylic acids is 1. The Balaban J connectivity index is 1.73. The Morgan fingerprint density at radius 3 is 2.47 bits per heavy atom. The summed E-state index contributed by atoms with van der Waals surface area (Å²) >= 11 is 0. The first kappa shape index (κ1) is 22.0. The van der Waals surface area contributed by atoms with Crippen molar-refractivity contribution in [3.05, 3.63) is 71.5 Å². The van der Waals surface area contributed by atoms with Gasteiger partial charge in [-0.2, -0.15) is 0 Å². The molecular formula is C25H28FN3O3. The standard InChI is InChI=1S/C25H28FN3O3/c1-3-18(2)29(24(30)20-9-11-21(26)12-10-20)17-22-23(19-7-5-4-6-8-19)27-32-25(22)28-13-15-31-16-14-28/h4-12,18H,3,13-17H2,1-2H3. The van der Waals surface area contributed by atoms with Crippen LogP contribution in [0.1, 0.15) is 36.2 Å². The molecule has 6 nitrogen and oxygen atoms in total. The molecule has 32 heavy (non-hydrogen) atoms. The molecule has 0 radical (unpaired) electrons. The molecule has 1 aliphatic rings. The largest absolute Gasteiger partial charge is 0.378 e. The highest BCUT2D eigenvalue weighted by Crippen LogP contribution is 2.34. The molecule has 2 aromatic carbocycles. The van der Waals surface area contributed by atoms with Gasteiger partial charge in [0.25, 0.3) is 5.91 Å². The minimum Gasteiger partial charge on any atom is -0.378 e. The first-order valence-corrected chi connectivity index (χ1v) is 11.0. The van der Waals surface area contributed by atoms with Crippen LogP contribution >= 0.6 is 0 Å². The van der Waals surface area contributed by atoms with E-state index in [1.807, 2.05) is 49.1 Å². The Kier molecular flexibility index (Phi) is 6.85. The molecule has 1 atom stereocenters. The molecular weight excluding hydrogens is 409 g/mol. The van der Waals surface area contributed by atoms with Crippen molar-refractivity contribution in [2.75, 3.05) is 31.2 Å². The molecule has 0 aliphatic carbocycles. The fourth-order valence-corrected chi connectivity index (χ4v) is 3.86. The molecule has 1 aromatic heterocycles. The van der Waals surface area contributed by atoms with Crippen LogP contribution in [0.2, 0.25) is 0 Å². The van der Waals surface area contributed by atoms with Crippen LogP contribution in [0.3, 0.4) is 0 Å². The van der Waals surface area contributed by atoms with Gasteiger partial charge in [-0.25, -0.2) is 4.39 Å². The third-order valence-electron chi connectivity index (χ3n) is 5.92. The zero-order valence-electron chi connectivity index (χ0n) is 18.5. The average molecular weight is 438 g/mol. The molecule has 1 amide bonds. The lowest BCUT2D eigenvalue weighted by Crippen LogP contribution is -2.39. The third-order valence-corrected chi connectivity index (χ3v) is 5.92. The Morgan fingerprint density at radius 2 is 1.81 bits per heavy atom. The summed E-state index contributed by atoms with van der Waals surface area (Å²) in [5, 5.41) is 4.40. The summed E-state index contributed by atoms with van der Waals surface area (Å²) in [6.45, 7) is 7.04. The van der Waals surface area contributed by atoms with Gasteiger partial charge in [0.2, 0.25) is 5.88 Å². The zero-order valence-corrected chi connectivity index (χ0v) is 18.5. The smallest absolute Gasteiger partial charge is 0.254 e. The summed E-state index contributed by atoms with van der Waals surface area (Å²) in [5.74, 6) is 0.163. The molecule has 0 bridgehead atoms. The lowest BCUT2D eigenvalue weighted by atomic mass is 10.0. The Hall–Kier alpha value is -3.19. The predicted molar refractivity (Wildman–Crippen MR) is 121 cm³/mol. The van der Waals surface area contributed by atoms with Crippen LogP contribution in [0.25, 0.3) is 11.3 Å². The van der Waals surface area contributed by atoms with Crippen molar-refractivity contribution in [3.63, 3.8) is 0 Å². The van der Waals surface area contributed by atoms with Crippen LogP contribution in [-0.2, 0) is 11.3 Å². The van der Waals surface area contributed by atoms with E-state index in [2.05, 4.69) is 10.1 Å². The summed E-state index contributed by atoms with van der Waals surface area (Å²) in [6, 6.07) is 15.5. The highest BCUT2D eigenvalue weighted by atomic mass is 19.1. The van der Waals surface area contributed by atoms with Gasteiger partial charge in [0.15, 0.2) is 0 Å². The van der Waals surface area contributed by atoms with E-state index in [1.54, 1.807) is 0 Å². The topological polar surface area (TPSA) is 58.8 Å². The molecule has 168 valence electrons. The van der Waals surface area contributed by atoms with Gasteiger partial charge in [-0.15, -0.1) is 0 Å². The molecule has 0 saturated carbocycles.